The lowest BCUT2D eigenvalue weighted by molar-refractivity contribution is -0.129. The topological polar surface area (TPSA) is 51.2 Å². The number of hydrogen-bond acceptors (Lipinski definition) is 4. The molecule has 0 atom stereocenters. The van der Waals surface area contributed by atoms with Gasteiger partial charge < -0.3 is 10.1 Å². The molecule has 27 heavy (non-hydrogen) atoms. The molecule has 1 amide bonds. The molecule has 1 N–H and O–H groups in total. The number of rotatable bonds is 6. The van der Waals surface area contributed by atoms with Crippen LogP contribution in [0.5, 0.6) is 10.9 Å². The Balaban J connectivity index is 1.14. The molecular weight excluding hydrogens is 356 g/mol. The fraction of sp³-hybridized carbons (Fsp3) is 0.545. The van der Waals surface area contributed by atoms with Gasteiger partial charge in [0.2, 0.25) is 5.91 Å². The average Bonchev–Trinajstić information content (AvgIpc) is 3.12. The molecule has 4 aliphatic carbocycles. The van der Waals surface area contributed by atoms with Crippen molar-refractivity contribution >= 4 is 17.2 Å². The summed E-state index contributed by atoms with van der Waals surface area (Å²) in [4.78, 5) is 16.8. The number of nitrogens with zero attached hydrogens (tertiary/aromatic N) is 1. The van der Waals surface area contributed by atoms with Crippen LogP contribution in [0.25, 0.3) is 0 Å². The molecule has 4 saturated carbocycles. The van der Waals surface area contributed by atoms with E-state index in [1.165, 1.54) is 49.9 Å². The first-order chi connectivity index (χ1) is 13.2. The summed E-state index contributed by atoms with van der Waals surface area (Å²) in [7, 11) is 0. The van der Waals surface area contributed by atoms with Gasteiger partial charge in [0.1, 0.15) is 5.75 Å². The molecule has 0 radical (unpaired) electrons. The van der Waals surface area contributed by atoms with Crippen LogP contribution in [-0.4, -0.2) is 10.9 Å². The second-order valence-electron chi connectivity index (χ2n) is 8.92. The van der Waals surface area contributed by atoms with Crippen LogP contribution in [-0.2, 0) is 11.3 Å². The summed E-state index contributed by atoms with van der Waals surface area (Å²) < 4.78 is 5.68. The van der Waals surface area contributed by atoms with Gasteiger partial charge in [-0.2, -0.15) is 0 Å². The van der Waals surface area contributed by atoms with E-state index in [0.29, 0.717) is 17.2 Å². The van der Waals surface area contributed by atoms with Crippen LogP contribution in [0.1, 0.15) is 50.5 Å². The third-order valence-electron chi connectivity index (χ3n) is 6.73. The molecule has 0 spiro atoms. The summed E-state index contributed by atoms with van der Waals surface area (Å²) >= 11 is 1.47. The van der Waals surface area contributed by atoms with Gasteiger partial charge >= 0.3 is 0 Å². The number of amides is 1. The molecule has 142 valence electrons. The number of ether oxygens (including phenoxy) is 1. The number of benzene rings is 1. The molecule has 4 bridgehead atoms. The van der Waals surface area contributed by atoms with Crippen molar-refractivity contribution in [3.63, 3.8) is 0 Å². The zero-order valence-corrected chi connectivity index (χ0v) is 16.3. The first kappa shape index (κ1) is 17.2. The van der Waals surface area contributed by atoms with E-state index >= 15 is 0 Å². The summed E-state index contributed by atoms with van der Waals surface area (Å²) in [5.74, 6) is 3.69. The van der Waals surface area contributed by atoms with Crippen molar-refractivity contribution in [1.82, 2.24) is 10.3 Å². The Morgan fingerprint density at radius 1 is 1.11 bits per heavy atom. The molecule has 4 nitrogen and oxygen atoms in total. The van der Waals surface area contributed by atoms with Crippen LogP contribution < -0.4 is 10.1 Å². The Morgan fingerprint density at radius 3 is 2.37 bits per heavy atom. The van der Waals surface area contributed by atoms with Crippen LogP contribution in [0.15, 0.2) is 35.8 Å². The quantitative estimate of drug-likeness (QED) is 0.751. The number of hydrogen-bond donors (Lipinski definition) is 1. The summed E-state index contributed by atoms with van der Waals surface area (Å²) in [6.07, 6.45) is 10.6. The molecule has 4 aliphatic rings. The highest BCUT2D eigenvalue weighted by Gasteiger charge is 2.51. The Bertz CT molecular complexity index is 765. The lowest BCUT2D eigenvalue weighted by Crippen LogP contribution is -2.47. The van der Waals surface area contributed by atoms with Crippen LogP contribution in [0.2, 0.25) is 0 Å². The Kier molecular flexibility index (Phi) is 4.43. The number of aromatic nitrogens is 1. The molecular formula is C22H26N2O2S. The highest BCUT2D eigenvalue weighted by atomic mass is 32.1. The fourth-order valence-electron chi connectivity index (χ4n) is 6.15. The van der Waals surface area contributed by atoms with Gasteiger partial charge in [0.25, 0.3) is 5.19 Å². The maximum absolute atomic E-state index is 12.6. The molecule has 1 heterocycles. The van der Waals surface area contributed by atoms with Gasteiger partial charge in [-0.25, -0.2) is 4.98 Å². The average molecular weight is 383 g/mol. The molecule has 5 heteroatoms. The predicted molar refractivity (Wildman–Crippen MR) is 106 cm³/mol. The minimum atomic E-state index is 0.222. The van der Waals surface area contributed by atoms with E-state index in [1.807, 2.05) is 29.6 Å². The van der Waals surface area contributed by atoms with E-state index in [2.05, 4.69) is 10.3 Å². The van der Waals surface area contributed by atoms with Crippen molar-refractivity contribution in [2.75, 3.05) is 0 Å². The molecule has 0 unspecified atom stereocenters. The minimum absolute atomic E-state index is 0.222. The number of nitrogens with one attached hydrogen (secondary N) is 1. The Hall–Kier alpha value is -1.88. The van der Waals surface area contributed by atoms with Crippen molar-refractivity contribution in [2.24, 2.45) is 23.2 Å². The van der Waals surface area contributed by atoms with Crippen LogP contribution >= 0.6 is 11.3 Å². The summed E-state index contributed by atoms with van der Waals surface area (Å²) in [5, 5.41) is 5.69. The number of carbonyl (C=O) groups excluding carboxylic acids is 1. The smallest absolute Gasteiger partial charge is 0.278 e. The third kappa shape index (κ3) is 3.75. The second kappa shape index (κ2) is 6.93. The van der Waals surface area contributed by atoms with Gasteiger partial charge in [0, 0.05) is 24.5 Å². The van der Waals surface area contributed by atoms with Crippen molar-refractivity contribution in [3.05, 3.63) is 41.4 Å². The van der Waals surface area contributed by atoms with Gasteiger partial charge in [0.15, 0.2) is 0 Å². The number of carbonyl (C=O) groups is 1. The predicted octanol–water partition coefficient (Wildman–Crippen LogP) is 5.16. The van der Waals surface area contributed by atoms with Gasteiger partial charge in [-0.05, 0) is 79.4 Å². The van der Waals surface area contributed by atoms with Crippen molar-refractivity contribution in [3.8, 4) is 10.9 Å². The fourth-order valence-corrected chi connectivity index (χ4v) is 6.65. The van der Waals surface area contributed by atoms with E-state index in [9.17, 15) is 4.79 Å². The van der Waals surface area contributed by atoms with Crippen molar-refractivity contribution in [1.29, 1.82) is 0 Å². The zero-order valence-electron chi connectivity index (χ0n) is 15.5. The molecule has 1 aromatic heterocycles. The Labute approximate surface area is 164 Å². The standard InChI is InChI=1S/C22H26N2O2S/c25-20(13-22-10-16-7-17(11-22)9-18(8-16)12-22)24-14-15-1-3-19(4-2-15)26-21-23-5-6-27-21/h1-6,16-18H,7-14H2,(H,24,25). The maximum atomic E-state index is 12.6. The first-order valence-corrected chi connectivity index (χ1v) is 11.0. The second-order valence-corrected chi connectivity index (χ2v) is 9.77. The monoisotopic (exact) mass is 382 g/mol. The maximum Gasteiger partial charge on any atom is 0.278 e. The van der Waals surface area contributed by atoms with E-state index in [1.54, 1.807) is 6.20 Å². The minimum Gasteiger partial charge on any atom is -0.431 e. The zero-order chi connectivity index (χ0) is 18.3. The molecule has 0 saturated heterocycles. The molecule has 2 aromatic rings. The molecule has 0 aliphatic heterocycles. The van der Waals surface area contributed by atoms with E-state index in [0.717, 1.165) is 35.5 Å². The van der Waals surface area contributed by atoms with Crippen molar-refractivity contribution < 1.29 is 9.53 Å². The highest BCUT2D eigenvalue weighted by Crippen LogP contribution is 2.61. The van der Waals surface area contributed by atoms with Crippen LogP contribution in [0.4, 0.5) is 0 Å². The summed E-state index contributed by atoms with van der Waals surface area (Å²) in [6, 6.07) is 7.88. The van der Waals surface area contributed by atoms with E-state index in [-0.39, 0.29) is 5.91 Å². The van der Waals surface area contributed by atoms with E-state index in [4.69, 9.17) is 4.74 Å². The van der Waals surface area contributed by atoms with E-state index < -0.39 is 0 Å². The largest absolute Gasteiger partial charge is 0.431 e. The van der Waals surface area contributed by atoms with Crippen LogP contribution in [0, 0.1) is 23.2 Å². The van der Waals surface area contributed by atoms with Gasteiger partial charge in [-0.3, -0.25) is 4.79 Å². The first-order valence-electron chi connectivity index (χ1n) is 10.1. The van der Waals surface area contributed by atoms with Gasteiger partial charge in [-0.1, -0.05) is 23.5 Å². The van der Waals surface area contributed by atoms with Crippen molar-refractivity contribution in [2.45, 2.75) is 51.5 Å². The molecule has 1 aromatic carbocycles. The SMILES string of the molecule is O=C(CC12CC3CC(CC(C3)C1)C2)NCc1ccc(Oc2nccs2)cc1. The van der Waals surface area contributed by atoms with Gasteiger partial charge in [0.05, 0.1) is 0 Å². The number of thiazole rings is 1. The summed E-state index contributed by atoms with van der Waals surface area (Å²) in [6.45, 7) is 0.586. The normalized spacial score (nSPS) is 31.0. The molecule has 4 fully saturated rings. The lowest BCUT2D eigenvalue weighted by Gasteiger charge is -2.56. The van der Waals surface area contributed by atoms with Gasteiger partial charge in [-0.15, -0.1) is 0 Å². The highest BCUT2D eigenvalue weighted by molar-refractivity contribution is 7.11. The third-order valence-corrected chi connectivity index (χ3v) is 7.38. The molecule has 6 rings (SSSR count). The lowest BCUT2D eigenvalue weighted by atomic mass is 9.49. The van der Waals surface area contributed by atoms with Crippen LogP contribution in [0.3, 0.4) is 0 Å². The Morgan fingerprint density at radius 2 is 1.78 bits per heavy atom. The summed E-state index contributed by atoms with van der Waals surface area (Å²) in [5.41, 5.74) is 1.41.